The molecular weight excluding hydrogens is 753 g/mol. The van der Waals surface area contributed by atoms with Crippen molar-refractivity contribution in [2.75, 3.05) is 6.54 Å². The number of hydrogen-bond acceptors (Lipinski definition) is 7. The number of amides is 2. The van der Waals surface area contributed by atoms with Gasteiger partial charge in [0.05, 0.1) is 52.8 Å². The molecule has 0 radical (unpaired) electrons. The van der Waals surface area contributed by atoms with Crippen LogP contribution in [0.3, 0.4) is 0 Å². The number of nitrogens with one attached hydrogen (secondary N) is 2. The third-order valence-electron chi connectivity index (χ3n) is 9.45. The Morgan fingerprint density at radius 1 is 1.04 bits per heavy atom. The number of halogens is 7. The van der Waals surface area contributed by atoms with E-state index in [1.54, 1.807) is 0 Å². The number of pyridine rings is 2. The SMILES string of the molecule is Cn1cc(-c2cc(C(F)(F)F)nn2CC(C)(C)NC(=O)[C@@H](Cc2cnn(C(F)F)c2)N2CCc3c(-c4ncc5[nH]ncc5c4F)ccc(F)c3C2=O)ccc1=O. The van der Waals surface area contributed by atoms with E-state index in [1.807, 2.05) is 0 Å². The zero-order chi connectivity index (χ0) is 40.3. The molecule has 6 heterocycles. The summed E-state index contributed by atoms with van der Waals surface area (Å²) < 4.78 is 102. The number of aromatic amines is 1. The lowest BCUT2D eigenvalue weighted by atomic mass is 9.89. The molecule has 1 aromatic carbocycles. The van der Waals surface area contributed by atoms with Crippen molar-refractivity contribution in [3.8, 4) is 22.5 Å². The minimum Gasteiger partial charge on any atom is -0.348 e. The lowest BCUT2D eigenvalue weighted by Crippen LogP contribution is -2.58. The summed E-state index contributed by atoms with van der Waals surface area (Å²) in [5.41, 5.74) is -2.70. The van der Waals surface area contributed by atoms with E-state index in [9.17, 15) is 36.3 Å². The highest BCUT2D eigenvalue weighted by Gasteiger charge is 2.40. The smallest absolute Gasteiger partial charge is 0.348 e. The Hall–Kier alpha value is -6.34. The maximum Gasteiger partial charge on any atom is 0.435 e. The van der Waals surface area contributed by atoms with Crippen LogP contribution < -0.4 is 10.9 Å². The van der Waals surface area contributed by atoms with Gasteiger partial charge in [-0.1, -0.05) is 0 Å². The third-order valence-corrected chi connectivity index (χ3v) is 9.45. The number of rotatable bonds is 10. The first-order valence-electron chi connectivity index (χ1n) is 17.0. The highest BCUT2D eigenvalue weighted by molar-refractivity contribution is 6.02. The monoisotopic (exact) mass is 784 g/mol. The highest BCUT2D eigenvalue weighted by atomic mass is 19.4. The Morgan fingerprint density at radius 2 is 1.80 bits per heavy atom. The van der Waals surface area contributed by atoms with Crippen molar-refractivity contribution in [2.45, 2.75) is 57.5 Å². The van der Waals surface area contributed by atoms with E-state index in [0.29, 0.717) is 10.2 Å². The van der Waals surface area contributed by atoms with E-state index in [1.165, 1.54) is 62.3 Å². The predicted molar refractivity (Wildman–Crippen MR) is 185 cm³/mol. The van der Waals surface area contributed by atoms with E-state index >= 15 is 8.78 Å². The predicted octanol–water partition coefficient (Wildman–Crippen LogP) is 5.28. The molecule has 0 unspecified atom stereocenters. The zero-order valence-electron chi connectivity index (χ0n) is 29.7. The lowest BCUT2D eigenvalue weighted by Gasteiger charge is -2.37. The minimum atomic E-state index is -4.84. The molecule has 0 aliphatic carbocycles. The molecule has 2 amide bonds. The molecule has 56 heavy (non-hydrogen) atoms. The molecule has 0 bridgehead atoms. The van der Waals surface area contributed by atoms with E-state index < -0.39 is 64.6 Å². The van der Waals surface area contributed by atoms with Crippen LogP contribution in [0.1, 0.15) is 47.6 Å². The van der Waals surface area contributed by atoms with Gasteiger partial charge in [-0.15, -0.1) is 0 Å². The van der Waals surface area contributed by atoms with Crippen LogP contribution in [0, 0.1) is 11.6 Å². The third kappa shape index (κ3) is 7.13. The molecule has 0 saturated carbocycles. The molecule has 7 rings (SSSR count). The largest absolute Gasteiger partial charge is 0.435 e. The van der Waals surface area contributed by atoms with Gasteiger partial charge in [-0.05, 0) is 55.7 Å². The van der Waals surface area contributed by atoms with Gasteiger partial charge in [0.25, 0.3) is 5.91 Å². The molecule has 2 N–H and O–H groups in total. The quantitative estimate of drug-likeness (QED) is 0.180. The molecule has 20 heteroatoms. The minimum absolute atomic E-state index is 0.0156. The number of carbonyl (C=O) groups excluding carboxylic acids is 2. The first kappa shape index (κ1) is 38.0. The second kappa shape index (κ2) is 14.1. The number of nitrogens with zero attached hydrogens (tertiary/aromatic N) is 8. The molecule has 0 saturated heterocycles. The lowest BCUT2D eigenvalue weighted by molar-refractivity contribution is -0.141. The molecule has 1 atom stereocenters. The summed E-state index contributed by atoms with van der Waals surface area (Å²) in [5.74, 6) is -3.51. The Bertz CT molecular complexity index is 2550. The van der Waals surface area contributed by atoms with E-state index in [2.05, 4.69) is 30.7 Å². The molecule has 0 spiro atoms. The van der Waals surface area contributed by atoms with Gasteiger partial charge in [-0.25, -0.2) is 13.5 Å². The van der Waals surface area contributed by atoms with Gasteiger partial charge in [0.1, 0.15) is 17.6 Å². The summed E-state index contributed by atoms with van der Waals surface area (Å²) in [6.45, 7) is -0.582. The number of alkyl halides is 5. The number of H-pyrrole nitrogens is 1. The Kier molecular flexibility index (Phi) is 9.53. The van der Waals surface area contributed by atoms with Crippen molar-refractivity contribution in [2.24, 2.45) is 7.05 Å². The molecule has 1 aliphatic rings. The first-order valence-corrected chi connectivity index (χ1v) is 17.0. The Balaban J connectivity index is 1.23. The average molecular weight is 785 g/mol. The summed E-state index contributed by atoms with van der Waals surface area (Å²) in [6, 6.07) is 4.12. The van der Waals surface area contributed by atoms with Gasteiger partial charge < -0.3 is 14.8 Å². The maximum absolute atomic E-state index is 15.6. The summed E-state index contributed by atoms with van der Waals surface area (Å²) in [4.78, 5) is 45.7. The van der Waals surface area contributed by atoms with E-state index in [-0.39, 0.29) is 65.0 Å². The van der Waals surface area contributed by atoms with Crippen LogP contribution in [0.5, 0.6) is 0 Å². The fourth-order valence-corrected chi connectivity index (χ4v) is 6.82. The fourth-order valence-electron chi connectivity index (χ4n) is 6.82. The average Bonchev–Trinajstić information content (AvgIpc) is 3.90. The molecule has 292 valence electrons. The van der Waals surface area contributed by atoms with Crippen LogP contribution in [0.2, 0.25) is 0 Å². The Morgan fingerprint density at radius 3 is 2.50 bits per heavy atom. The number of fused-ring (bicyclic) bond motifs is 2. The number of hydrogen-bond donors (Lipinski definition) is 2. The molecule has 0 fully saturated rings. The van der Waals surface area contributed by atoms with Crippen molar-refractivity contribution in [3.63, 3.8) is 0 Å². The van der Waals surface area contributed by atoms with Crippen molar-refractivity contribution in [1.82, 2.24) is 49.5 Å². The van der Waals surface area contributed by atoms with Crippen LogP contribution >= 0.6 is 0 Å². The standard InChI is InChI=1S/C36H31F7N10O3/c1-35(2,17-53-25(11-27(49-53)36(41,42)43)19-4-7-28(54)50(3)16-19)47-32(55)26(10-18-12-46-52(15-18)34(39)40)51-9-8-20-21(5-6-23(37)29(20)33(51)56)31-30(38)22-13-45-48-24(22)14-44-31/h4-7,11-16,26,34H,8-10,17H2,1-3H3,(H,45,48)(H,47,55)/t26-/m1/s1. The molecule has 5 aromatic heterocycles. The van der Waals surface area contributed by atoms with Gasteiger partial charge in [0.2, 0.25) is 11.5 Å². The summed E-state index contributed by atoms with van der Waals surface area (Å²) in [7, 11) is 1.43. The number of aromatic nitrogens is 8. The van der Waals surface area contributed by atoms with E-state index in [0.717, 1.165) is 34.1 Å². The molecule has 6 aromatic rings. The van der Waals surface area contributed by atoms with Crippen LogP contribution in [0.25, 0.3) is 33.4 Å². The topological polar surface area (TPSA) is 149 Å². The fraction of sp³-hybridized carbons (Fsp3) is 0.306. The van der Waals surface area contributed by atoms with Crippen LogP contribution in [-0.4, -0.2) is 74.1 Å². The molecular formula is C36H31F7N10O3. The van der Waals surface area contributed by atoms with Crippen molar-refractivity contribution in [3.05, 3.63) is 106 Å². The zero-order valence-corrected chi connectivity index (χ0v) is 29.7. The van der Waals surface area contributed by atoms with Crippen molar-refractivity contribution in [1.29, 1.82) is 0 Å². The van der Waals surface area contributed by atoms with Crippen molar-refractivity contribution >= 4 is 22.7 Å². The number of benzene rings is 1. The normalized spacial score (nSPS) is 14.1. The van der Waals surface area contributed by atoms with E-state index in [4.69, 9.17) is 0 Å². The van der Waals surface area contributed by atoms with Gasteiger partial charge in [0.15, 0.2) is 11.5 Å². The van der Waals surface area contributed by atoms with Crippen molar-refractivity contribution < 1.29 is 40.3 Å². The number of aryl methyl sites for hydroxylation is 1. The second-order valence-corrected chi connectivity index (χ2v) is 14.0. The van der Waals surface area contributed by atoms with Crippen LogP contribution in [-0.2, 0) is 37.4 Å². The molecule has 1 aliphatic heterocycles. The Labute approximate surface area is 311 Å². The number of carbonyl (C=O) groups is 2. The van der Waals surface area contributed by atoms with Gasteiger partial charge >= 0.3 is 12.7 Å². The van der Waals surface area contributed by atoms with Crippen LogP contribution in [0.4, 0.5) is 30.7 Å². The second-order valence-electron chi connectivity index (χ2n) is 14.0. The first-order chi connectivity index (χ1) is 26.4. The summed E-state index contributed by atoms with van der Waals surface area (Å²) in [5, 5.41) is 16.6. The molecule has 13 nitrogen and oxygen atoms in total. The maximum atomic E-state index is 15.6. The summed E-state index contributed by atoms with van der Waals surface area (Å²) >= 11 is 0. The highest BCUT2D eigenvalue weighted by Crippen LogP contribution is 2.36. The van der Waals surface area contributed by atoms with Gasteiger partial charge in [0, 0.05) is 49.6 Å². The van der Waals surface area contributed by atoms with Crippen LogP contribution in [0.15, 0.2) is 66.1 Å². The summed E-state index contributed by atoms with van der Waals surface area (Å²) in [6.07, 6.45) is 0.727. The van der Waals surface area contributed by atoms with Gasteiger partial charge in [-0.3, -0.25) is 29.1 Å². The van der Waals surface area contributed by atoms with Gasteiger partial charge in [-0.2, -0.15) is 37.2 Å².